The largest absolute Gasteiger partial charge is 0.387 e. The highest BCUT2D eigenvalue weighted by Crippen LogP contribution is 2.47. The molecule has 3 rings (SSSR count). The highest BCUT2D eigenvalue weighted by atomic mass is 31.2. The quantitative estimate of drug-likeness (QED) is 0.709. The van der Waals surface area contributed by atoms with Crippen LogP contribution in [0.25, 0.3) is 16.6 Å². The molecule has 0 spiro atoms. The first-order valence-electron chi connectivity index (χ1n) is 7.65. The molecular weight excluding hydrogens is 331 g/mol. The van der Waals surface area contributed by atoms with E-state index in [0.717, 1.165) is 10.9 Å². The van der Waals surface area contributed by atoms with Gasteiger partial charge in [0.1, 0.15) is 0 Å². The first kappa shape index (κ1) is 16.8. The van der Waals surface area contributed by atoms with E-state index < -0.39 is 25.4 Å². The Balaban J connectivity index is 2.24. The van der Waals surface area contributed by atoms with Crippen LogP contribution in [0, 0.1) is 0 Å². The minimum atomic E-state index is -3.90. The van der Waals surface area contributed by atoms with Crippen LogP contribution in [0.1, 0.15) is 27.7 Å². The summed E-state index contributed by atoms with van der Waals surface area (Å²) in [5.41, 5.74) is 0.167. The monoisotopic (exact) mass is 350 g/mol. The fourth-order valence-electron chi connectivity index (χ4n) is 2.40. The van der Waals surface area contributed by atoms with Crippen LogP contribution in [0.2, 0.25) is 0 Å². The van der Waals surface area contributed by atoms with Gasteiger partial charge in [-0.2, -0.15) is 4.52 Å². The Morgan fingerprint density at radius 2 is 1.71 bits per heavy atom. The summed E-state index contributed by atoms with van der Waals surface area (Å²) in [5, 5.41) is 11.6. The second-order valence-electron chi connectivity index (χ2n) is 5.95. The van der Waals surface area contributed by atoms with Crippen LogP contribution in [-0.2, 0) is 13.6 Å². The van der Waals surface area contributed by atoms with E-state index in [4.69, 9.17) is 9.05 Å². The van der Waals surface area contributed by atoms with Crippen molar-refractivity contribution in [1.82, 2.24) is 19.8 Å². The number of hydrogen-bond donors (Lipinski definition) is 1. The summed E-state index contributed by atoms with van der Waals surface area (Å²) in [7, 11) is -3.90. The smallest absolute Gasteiger partial charge is 0.301 e. The average molecular weight is 350 g/mol. The molecule has 0 saturated heterocycles. The molecule has 0 aliphatic heterocycles. The molecule has 128 valence electrons. The summed E-state index contributed by atoms with van der Waals surface area (Å²) in [6, 6.07) is 7.32. The summed E-state index contributed by atoms with van der Waals surface area (Å²) in [6.45, 7) is 6.84. The highest BCUT2D eigenvalue weighted by molar-refractivity contribution is 7.61. The van der Waals surface area contributed by atoms with Gasteiger partial charge < -0.3 is 9.05 Å². The lowest BCUT2D eigenvalue weighted by Gasteiger charge is -2.21. The van der Waals surface area contributed by atoms with Gasteiger partial charge in [0.05, 0.1) is 17.7 Å². The zero-order valence-corrected chi connectivity index (χ0v) is 14.8. The van der Waals surface area contributed by atoms with E-state index in [0.29, 0.717) is 5.65 Å². The van der Waals surface area contributed by atoms with Crippen molar-refractivity contribution >= 4 is 29.6 Å². The van der Waals surface area contributed by atoms with Gasteiger partial charge in [0.25, 0.3) is 0 Å². The molecule has 0 aliphatic rings. The number of rotatable bonds is 5. The number of aromatic amines is 1. The number of fused-ring (bicyclic) bond motifs is 3. The first-order chi connectivity index (χ1) is 11.3. The summed E-state index contributed by atoms with van der Waals surface area (Å²) < 4.78 is 25.2. The molecule has 9 heteroatoms. The Hall–Kier alpha value is -2.02. The first-order valence-corrected chi connectivity index (χ1v) is 9.19. The summed E-state index contributed by atoms with van der Waals surface area (Å²) >= 11 is 0. The summed E-state index contributed by atoms with van der Waals surface area (Å²) in [6.07, 6.45) is -0.807. The van der Waals surface area contributed by atoms with Gasteiger partial charge in [0, 0.05) is 5.39 Å². The summed E-state index contributed by atoms with van der Waals surface area (Å²) in [5.74, 6) is 0. The molecule has 0 radical (unpaired) electrons. The average Bonchev–Trinajstić information content (AvgIpc) is 2.85. The minimum Gasteiger partial charge on any atom is -0.301 e. The zero-order valence-electron chi connectivity index (χ0n) is 13.9. The molecule has 0 amide bonds. The van der Waals surface area contributed by atoms with E-state index in [1.165, 1.54) is 4.52 Å². The number of nitrogens with one attached hydrogen (secondary N) is 1. The Labute approximate surface area is 138 Å². The van der Waals surface area contributed by atoms with E-state index in [1.807, 2.05) is 24.3 Å². The van der Waals surface area contributed by atoms with Crippen LogP contribution in [-0.4, -0.2) is 32.0 Å². The minimum absolute atomic E-state index is 0.325. The zero-order chi connectivity index (χ0) is 17.5. The second kappa shape index (κ2) is 6.12. The Kier molecular flexibility index (Phi) is 4.29. The van der Waals surface area contributed by atoms with Crippen LogP contribution >= 0.6 is 7.60 Å². The van der Waals surface area contributed by atoms with Gasteiger partial charge in [-0.15, -0.1) is 10.2 Å². The molecule has 0 saturated carbocycles. The van der Waals surface area contributed by atoms with Gasteiger partial charge in [-0.3, -0.25) is 14.5 Å². The topological polar surface area (TPSA) is 98.6 Å². The number of nitrogens with zero attached hydrogens (tertiary/aromatic N) is 3. The van der Waals surface area contributed by atoms with E-state index in [-0.39, 0.29) is 5.44 Å². The number of hydrogen-bond acceptors (Lipinski definition) is 6. The maximum Gasteiger partial charge on any atom is 0.387 e. The molecule has 1 N–H and O–H groups in total. The van der Waals surface area contributed by atoms with Crippen molar-refractivity contribution < 1.29 is 13.6 Å². The van der Waals surface area contributed by atoms with Crippen molar-refractivity contribution in [2.24, 2.45) is 0 Å². The fourth-order valence-corrected chi connectivity index (χ4v) is 4.25. The van der Waals surface area contributed by atoms with Crippen LogP contribution in [0.3, 0.4) is 0 Å². The van der Waals surface area contributed by atoms with Gasteiger partial charge in [-0.1, -0.05) is 12.1 Å². The van der Waals surface area contributed by atoms with Gasteiger partial charge in [-0.05, 0) is 39.8 Å². The third-order valence-electron chi connectivity index (χ3n) is 3.20. The lowest BCUT2D eigenvalue weighted by atomic mass is 10.2. The van der Waals surface area contributed by atoms with Crippen molar-refractivity contribution in [3.63, 3.8) is 0 Å². The third-order valence-corrected chi connectivity index (χ3v) is 5.40. The molecule has 8 nitrogen and oxygen atoms in total. The van der Waals surface area contributed by atoms with E-state index in [9.17, 15) is 9.36 Å². The lowest BCUT2D eigenvalue weighted by molar-refractivity contribution is 0.149. The SMILES string of the molecule is CC(C)OP(=O)(OC(C)C)c1nnc2c3ccccc3[nH]n2c1=O. The molecule has 24 heavy (non-hydrogen) atoms. The van der Waals surface area contributed by atoms with Gasteiger partial charge in [0.15, 0.2) is 5.65 Å². The van der Waals surface area contributed by atoms with Gasteiger partial charge in [0.2, 0.25) is 5.44 Å². The molecule has 0 fully saturated rings. The maximum absolute atomic E-state index is 13.1. The number of para-hydroxylation sites is 1. The molecule has 0 bridgehead atoms. The highest BCUT2D eigenvalue weighted by Gasteiger charge is 2.36. The third kappa shape index (κ3) is 2.88. The number of H-pyrrole nitrogens is 1. The molecule has 2 aromatic heterocycles. The fraction of sp³-hybridized carbons (Fsp3) is 0.400. The lowest BCUT2D eigenvalue weighted by Crippen LogP contribution is -2.37. The molecule has 2 heterocycles. The maximum atomic E-state index is 13.1. The van der Waals surface area contributed by atoms with Crippen LogP contribution in [0.4, 0.5) is 0 Å². The molecular formula is C15H19N4O4P. The normalized spacial score (nSPS) is 12.8. The molecule has 3 aromatic rings. The van der Waals surface area contributed by atoms with Crippen molar-refractivity contribution in [3.05, 3.63) is 34.6 Å². The van der Waals surface area contributed by atoms with Crippen molar-refractivity contribution in [2.45, 2.75) is 39.9 Å². The van der Waals surface area contributed by atoms with E-state index >= 15 is 0 Å². The predicted octanol–water partition coefficient (Wildman–Crippen LogP) is 2.24. The van der Waals surface area contributed by atoms with E-state index in [2.05, 4.69) is 15.3 Å². The Morgan fingerprint density at radius 1 is 1.08 bits per heavy atom. The molecule has 1 aromatic carbocycles. The number of aromatic nitrogens is 4. The van der Waals surface area contributed by atoms with E-state index in [1.54, 1.807) is 27.7 Å². The Bertz CT molecular complexity index is 978. The summed E-state index contributed by atoms with van der Waals surface area (Å²) in [4.78, 5) is 12.8. The van der Waals surface area contributed by atoms with Gasteiger partial charge >= 0.3 is 13.2 Å². The van der Waals surface area contributed by atoms with Crippen molar-refractivity contribution in [3.8, 4) is 0 Å². The van der Waals surface area contributed by atoms with Crippen LogP contribution < -0.4 is 11.0 Å². The molecule has 0 aliphatic carbocycles. The number of benzene rings is 1. The standard InChI is InChI=1S/C15H19N4O4P/c1-9(2)22-24(21,23-10(3)4)14-15(20)19-13(16-17-14)11-7-5-6-8-12(11)18-19/h5-10,18H,1-4H3. The molecule has 0 unspecified atom stereocenters. The Morgan fingerprint density at radius 3 is 2.33 bits per heavy atom. The van der Waals surface area contributed by atoms with Crippen molar-refractivity contribution in [1.29, 1.82) is 0 Å². The second-order valence-corrected chi connectivity index (χ2v) is 7.79. The van der Waals surface area contributed by atoms with Gasteiger partial charge in [-0.25, -0.2) is 0 Å². The van der Waals surface area contributed by atoms with Crippen LogP contribution in [0.5, 0.6) is 0 Å². The molecule has 0 atom stereocenters. The van der Waals surface area contributed by atoms with Crippen molar-refractivity contribution in [2.75, 3.05) is 0 Å². The predicted molar refractivity (Wildman–Crippen MR) is 90.8 cm³/mol. The van der Waals surface area contributed by atoms with Crippen LogP contribution in [0.15, 0.2) is 29.1 Å².